The van der Waals surface area contributed by atoms with Crippen molar-refractivity contribution in [2.75, 3.05) is 7.11 Å². The number of hydrogen-bond donors (Lipinski definition) is 1. The first kappa shape index (κ1) is 15.2. The molecule has 0 aliphatic carbocycles. The lowest BCUT2D eigenvalue weighted by Gasteiger charge is -2.02. The Labute approximate surface area is 121 Å². The minimum atomic E-state index is -0.148. The standard InChI is InChI=1S/C13H18INO3/c1-9-10(13(14)15-11(9)8-16)6-4-3-5-7-12(17)18-2/h8,15H,3-7H2,1-2H3. The highest BCUT2D eigenvalue weighted by molar-refractivity contribution is 14.1. The number of carbonyl (C=O) groups excluding carboxylic acids is 2. The fourth-order valence-electron chi connectivity index (χ4n) is 1.88. The van der Waals surface area contributed by atoms with Crippen molar-refractivity contribution in [3.63, 3.8) is 0 Å². The number of unbranched alkanes of at least 4 members (excludes halogenated alkanes) is 2. The number of halogens is 1. The maximum atomic E-state index is 10.9. The Kier molecular flexibility index (Phi) is 6.38. The smallest absolute Gasteiger partial charge is 0.305 e. The summed E-state index contributed by atoms with van der Waals surface area (Å²) in [7, 11) is 1.41. The molecule has 0 bridgehead atoms. The second-order valence-corrected chi connectivity index (χ2v) is 5.29. The summed E-state index contributed by atoms with van der Waals surface area (Å²) in [6, 6.07) is 0. The lowest BCUT2D eigenvalue weighted by molar-refractivity contribution is -0.140. The van der Waals surface area contributed by atoms with Crippen LogP contribution in [-0.2, 0) is 16.0 Å². The highest BCUT2D eigenvalue weighted by atomic mass is 127. The van der Waals surface area contributed by atoms with Crippen molar-refractivity contribution in [1.29, 1.82) is 0 Å². The topological polar surface area (TPSA) is 59.2 Å². The normalized spacial score (nSPS) is 10.4. The van der Waals surface area contributed by atoms with Gasteiger partial charge in [0.2, 0.25) is 0 Å². The van der Waals surface area contributed by atoms with Crippen molar-refractivity contribution in [2.24, 2.45) is 0 Å². The van der Waals surface area contributed by atoms with Gasteiger partial charge in [0.1, 0.15) is 0 Å². The first-order chi connectivity index (χ1) is 8.60. The number of methoxy groups -OCH3 is 1. The molecule has 0 aliphatic rings. The molecule has 0 radical (unpaired) electrons. The Morgan fingerprint density at radius 3 is 2.67 bits per heavy atom. The summed E-state index contributed by atoms with van der Waals surface area (Å²) < 4.78 is 5.63. The Hall–Kier alpha value is -0.850. The van der Waals surface area contributed by atoms with Crippen LogP contribution in [0.2, 0.25) is 0 Å². The zero-order valence-electron chi connectivity index (χ0n) is 10.7. The Morgan fingerprint density at radius 2 is 2.11 bits per heavy atom. The highest BCUT2D eigenvalue weighted by Gasteiger charge is 2.11. The SMILES string of the molecule is COC(=O)CCCCCc1c(I)[nH]c(C=O)c1C. The maximum Gasteiger partial charge on any atom is 0.305 e. The molecule has 1 aromatic heterocycles. The van der Waals surface area contributed by atoms with E-state index in [9.17, 15) is 9.59 Å². The Morgan fingerprint density at radius 1 is 1.39 bits per heavy atom. The fourth-order valence-corrected chi connectivity index (χ4v) is 2.84. The van der Waals surface area contributed by atoms with E-state index >= 15 is 0 Å². The number of aromatic nitrogens is 1. The molecular weight excluding hydrogens is 345 g/mol. The molecule has 0 spiro atoms. The van der Waals surface area contributed by atoms with Crippen molar-refractivity contribution in [3.05, 3.63) is 20.5 Å². The summed E-state index contributed by atoms with van der Waals surface area (Å²) in [4.78, 5) is 24.8. The second kappa shape index (κ2) is 7.56. The van der Waals surface area contributed by atoms with E-state index in [-0.39, 0.29) is 5.97 Å². The van der Waals surface area contributed by atoms with Crippen molar-refractivity contribution in [1.82, 2.24) is 4.98 Å². The van der Waals surface area contributed by atoms with Gasteiger partial charge in [0.05, 0.1) is 16.5 Å². The zero-order valence-corrected chi connectivity index (χ0v) is 12.9. The van der Waals surface area contributed by atoms with Gasteiger partial charge in [0, 0.05) is 6.42 Å². The average molecular weight is 363 g/mol. The summed E-state index contributed by atoms with van der Waals surface area (Å²) in [5, 5.41) is 0. The number of aromatic amines is 1. The molecular formula is C13H18INO3. The van der Waals surface area contributed by atoms with Crippen LogP contribution in [0.25, 0.3) is 0 Å². The van der Waals surface area contributed by atoms with Crippen molar-refractivity contribution >= 4 is 34.8 Å². The minimum absolute atomic E-state index is 0.148. The van der Waals surface area contributed by atoms with E-state index in [0.717, 1.165) is 41.2 Å². The van der Waals surface area contributed by atoms with Gasteiger partial charge in [0.15, 0.2) is 6.29 Å². The number of nitrogens with one attached hydrogen (secondary N) is 1. The third kappa shape index (κ3) is 4.12. The van der Waals surface area contributed by atoms with E-state index in [2.05, 4.69) is 32.3 Å². The Balaban J connectivity index is 2.38. The average Bonchev–Trinajstić information content (AvgIpc) is 2.64. The van der Waals surface area contributed by atoms with Gasteiger partial charge in [-0.3, -0.25) is 9.59 Å². The number of esters is 1. The highest BCUT2D eigenvalue weighted by Crippen LogP contribution is 2.21. The predicted octanol–water partition coefficient (Wildman–Crippen LogP) is 3.02. The Bertz CT molecular complexity index is 426. The molecule has 1 rings (SSSR count). The molecule has 1 heterocycles. The van der Waals surface area contributed by atoms with Crippen molar-refractivity contribution in [2.45, 2.75) is 39.0 Å². The van der Waals surface area contributed by atoms with Crippen molar-refractivity contribution in [3.8, 4) is 0 Å². The van der Waals surface area contributed by atoms with Crippen LogP contribution >= 0.6 is 22.6 Å². The van der Waals surface area contributed by atoms with Crippen LogP contribution in [0.15, 0.2) is 0 Å². The van der Waals surface area contributed by atoms with E-state index in [1.54, 1.807) is 0 Å². The third-order valence-corrected chi connectivity index (χ3v) is 3.94. The molecule has 0 aliphatic heterocycles. The first-order valence-corrected chi connectivity index (χ1v) is 7.07. The molecule has 1 aromatic rings. The number of hydrogen-bond acceptors (Lipinski definition) is 3. The van der Waals surface area contributed by atoms with Crippen LogP contribution in [-0.4, -0.2) is 24.3 Å². The molecule has 0 fully saturated rings. The van der Waals surface area contributed by atoms with Gasteiger partial charge in [-0.15, -0.1) is 0 Å². The summed E-state index contributed by atoms with van der Waals surface area (Å²) in [6.45, 7) is 1.96. The molecule has 4 nitrogen and oxygen atoms in total. The van der Waals surface area contributed by atoms with E-state index in [1.807, 2.05) is 6.92 Å². The summed E-state index contributed by atoms with van der Waals surface area (Å²) in [5.74, 6) is -0.148. The number of ether oxygens (including phenoxy) is 1. The molecule has 0 atom stereocenters. The van der Waals surface area contributed by atoms with Crippen LogP contribution in [0.4, 0.5) is 0 Å². The van der Waals surface area contributed by atoms with Gasteiger partial charge in [0.25, 0.3) is 0 Å². The number of H-pyrrole nitrogens is 1. The lowest BCUT2D eigenvalue weighted by Crippen LogP contribution is -1.99. The summed E-state index contributed by atoms with van der Waals surface area (Å²) >= 11 is 2.22. The van der Waals surface area contributed by atoms with Crippen LogP contribution < -0.4 is 0 Å². The van der Waals surface area contributed by atoms with Crippen LogP contribution in [0.1, 0.15) is 47.3 Å². The molecule has 100 valence electrons. The summed E-state index contributed by atoms with van der Waals surface area (Å²) in [6.07, 6.45) is 5.15. The summed E-state index contributed by atoms with van der Waals surface area (Å²) in [5.41, 5.74) is 2.93. The largest absolute Gasteiger partial charge is 0.469 e. The maximum absolute atomic E-state index is 10.9. The van der Waals surface area contributed by atoms with Gasteiger partial charge >= 0.3 is 5.97 Å². The van der Waals surface area contributed by atoms with Gasteiger partial charge in [-0.25, -0.2) is 0 Å². The zero-order chi connectivity index (χ0) is 13.5. The van der Waals surface area contributed by atoms with E-state index in [1.165, 1.54) is 12.7 Å². The van der Waals surface area contributed by atoms with Gasteiger partial charge in [-0.2, -0.15) is 0 Å². The molecule has 0 saturated carbocycles. The van der Waals surface area contributed by atoms with Crippen LogP contribution in [0.5, 0.6) is 0 Å². The minimum Gasteiger partial charge on any atom is -0.469 e. The third-order valence-electron chi connectivity index (χ3n) is 3.02. The second-order valence-electron chi connectivity index (χ2n) is 4.21. The molecule has 1 N–H and O–H groups in total. The monoisotopic (exact) mass is 363 g/mol. The fraction of sp³-hybridized carbons (Fsp3) is 0.538. The lowest BCUT2D eigenvalue weighted by atomic mass is 10.0. The van der Waals surface area contributed by atoms with Gasteiger partial charge in [-0.1, -0.05) is 6.42 Å². The molecule has 0 unspecified atom stereocenters. The van der Waals surface area contributed by atoms with Crippen LogP contribution in [0, 0.1) is 10.6 Å². The van der Waals surface area contributed by atoms with Crippen molar-refractivity contribution < 1.29 is 14.3 Å². The molecule has 18 heavy (non-hydrogen) atoms. The molecule has 0 amide bonds. The van der Waals surface area contributed by atoms with E-state index in [0.29, 0.717) is 12.1 Å². The number of carbonyl (C=O) groups is 2. The van der Waals surface area contributed by atoms with E-state index in [4.69, 9.17) is 0 Å². The molecule has 0 saturated heterocycles. The van der Waals surface area contributed by atoms with E-state index < -0.39 is 0 Å². The predicted molar refractivity (Wildman–Crippen MR) is 77.8 cm³/mol. The number of aldehydes is 1. The van der Waals surface area contributed by atoms with Crippen LogP contribution in [0.3, 0.4) is 0 Å². The quantitative estimate of drug-likeness (QED) is 0.351. The number of rotatable bonds is 7. The first-order valence-electron chi connectivity index (χ1n) is 5.99. The van der Waals surface area contributed by atoms with Gasteiger partial charge < -0.3 is 9.72 Å². The molecule has 5 heteroatoms. The molecule has 0 aromatic carbocycles. The van der Waals surface area contributed by atoms with Gasteiger partial charge in [-0.05, 0) is 59.9 Å².